The molecule has 0 saturated heterocycles. The number of benzene rings is 2. The van der Waals surface area contributed by atoms with Crippen LogP contribution in [0.25, 0.3) is 10.2 Å². The summed E-state index contributed by atoms with van der Waals surface area (Å²) in [7, 11) is 3.15. The number of carbonyl (C=O) groups is 1. The second-order valence-corrected chi connectivity index (χ2v) is 7.20. The third-order valence-electron chi connectivity index (χ3n) is 3.71. The van der Waals surface area contributed by atoms with Gasteiger partial charge in [0.15, 0.2) is 16.3 Å². The highest BCUT2D eigenvalue weighted by atomic mass is 79.9. The lowest BCUT2D eigenvalue weighted by molar-refractivity contribution is 0.0998. The molecule has 0 radical (unpaired) electrons. The van der Waals surface area contributed by atoms with Gasteiger partial charge < -0.3 is 14.0 Å². The molecule has 0 atom stereocenters. The second kappa shape index (κ2) is 7.77. The monoisotopic (exact) mass is 430 g/mol. The first kappa shape index (κ1) is 18.2. The van der Waals surface area contributed by atoms with Crippen LogP contribution >= 0.6 is 27.3 Å². The van der Waals surface area contributed by atoms with E-state index in [-0.39, 0.29) is 5.91 Å². The van der Waals surface area contributed by atoms with Gasteiger partial charge in [-0.1, -0.05) is 39.3 Å². The summed E-state index contributed by atoms with van der Waals surface area (Å²) in [5.41, 5.74) is 1.34. The summed E-state index contributed by atoms with van der Waals surface area (Å²) in [6.45, 7) is 0.292. The molecule has 0 aliphatic heterocycles. The molecule has 0 unspecified atom stereocenters. The molecule has 0 aliphatic rings. The molecular weight excluding hydrogens is 416 g/mol. The van der Waals surface area contributed by atoms with E-state index in [9.17, 15) is 4.79 Å². The second-order valence-electron chi connectivity index (χ2n) is 5.28. The molecular formula is C19H15BrN2O3S. The first-order valence-corrected chi connectivity index (χ1v) is 9.21. The highest BCUT2D eigenvalue weighted by Crippen LogP contribution is 2.33. The largest absolute Gasteiger partial charge is 0.493 e. The molecule has 26 heavy (non-hydrogen) atoms. The zero-order valence-corrected chi connectivity index (χ0v) is 16.6. The number of carbonyl (C=O) groups excluding carboxylic acids is 1. The fourth-order valence-corrected chi connectivity index (χ4v) is 3.94. The number of aromatic nitrogens is 1. The number of thiazole rings is 1. The van der Waals surface area contributed by atoms with E-state index in [0.29, 0.717) is 28.4 Å². The average Bonchev–Trinajstić information content (AvgIpc) is 2.97. The molecule has 132 valence electrons. The predicted molar refractivity (Wildman–Crippen MR) is 106 cm³/mol. The van der Waals surface area contributed by atoms with Crippen LogP contribution in [0.1, 0.15) is 10.4 Å². The van der Waals surface area contributed by atoms with Crippen molar-refractivity contribution in [2.24, 2.45) is 4.99 Å². The van der Waals surface area contributed by atoms with Crippen LogP contribution in [-0.4, -0.2) is 24.7 Å². The van der Waals surface area contributed by atoms with Crippen LogP contribution in [0.2, 0.25) is 0 Å². The van der Waals surface area contributed by atoms with E-state index < -0.39 is 0 Å². The summed E-state index contributed by atoms with van der Waals surface area (Å²) in [6.07, 6.45) is 5.51. The van der Waals surface area contributed by atoms with Gasteiger partial charge in [0.05, 0.1) is 31.0 Å². The van der Waals surface area contributed by atoms with Crippen LogP contribution in [0.5, 0.6) is 11.5 Å². The average molecular weight is 431 g/mol. The highest BCUT2D eigenvalue weighted by Gasteiger charge is 2.13. The number of nitrogens with zero attached hydrogens (tertiary/aromatic N) is 2. The van der Waals surface area contributed by atoms with Gasteiger partial charge in [0.1, 0.15) is 0 Å². The van der Waals surface area contributed by atoms with Crippen molar-refractivity contribution in [1.82, 2.24) is 4.57 Å². The number of terminal acetylenes is 1. The molecule has 1 aromatic heterocycles. The van der Waals surface area contributed by atoms with Gasteiger partial charge in [-0.3, -0.25) is 4.79 Å². The molecule has 0 fully saturated rings. The fraction of sp³-hybridized carbons (Fsp3) is 0.158. The van der Waals surface area contributed by atoms with Gasteiger partial charge in [0.25, 0.3) is 5.91 Å². The number of fused-ring (bicyclic) bond motifs is 1. The van der Waals surface area contributed by atoms with Crippen molar-refractivity contribution in [3.8, 4) is 23.8 Å². The summed E-state index contributed by atoms with van der Waals surface area (Å²) in [5, 5.41) is 0. The Morgan fingerprint density at radius 1 is 1.27 bits per heavy atom. The third-order valence-corrected chi connectivity index (χ3v) is 5.24. The Morgan fingerprint density at radius 3 is 2.65 bits per heavy atom. The standard InChI is InChI=1S/C19H15BrN2O3S/c1-4-8-22-14-10-15(24-2)16(25-3)11-17(14)26-19(22)21-18(23)12-6-5-7-13(20)9-12/h1,5-7,9-11H,8H2,2-3H3. The predicted octanol–water partition coefficient (Wildman–Crippen LogP) is 3.86. The van der Waals surface area contributed by atoms with Crippen molar-refractivity contribution < 1.29 is 14.3 Å². The Morgan fingerprint density at radius 2 is 2.00 bits per heavy atom. The van der Waals surface area contributed by atoms with Crippen molar-refractivity contribution in [1.29, 1.82) is 0 Å². The lowest BCUT2D eigenvalue weighted by atomic mass is 10.2. The molecule has 1 amide bonds. The van der Waals surface area contributed by atoms with E-state index in [1.807, 2.05) is 22.8 Å². The van der Waals surface area contributed by atoms with Crippen LogP contribution in [-0.2, 0) is 6.54 Å². The van der Waals surface area contributed by atoms with Gasteiger partial charge in [-0.2, -0.15) is 4.99 Å². The molecule has 3 rings (SSSR count). The van der Waals surface area contributed by atoms with Crippen molar-refractivity contribution >= 4 is 43.4 Å². The molecule has 0 aliphatic carbocycles. The minimum atomic E-state index is -0.331. The quantitative estimate of drug-likeness (QED) is 0.590. The molecule has 0 bridgehead atoms. The van der Waals surface area contributed by atoms with Gasteiger partial charge in [0.2, 0.25) is 0 Å². The Kier molecular flexibility index (Phi) is 5.45. The molecule has 3 aromatic rings. The zero-order chi connectivity index (χ0) is 18.7. The summed E-state index contributed by atoms with van der Waals surface area (Å²) in [4.78, 5) is 17.4. The summed E-state index contributed by atoms with van der Waals surface area (Å²) in [5.74, 6) is 3.48. The smallest absolute Gasteiger partial charge is 0.279 e. The van der Waals surface area contributed by atoms with Gasteiger partial charge in [-0.05, 0) is 18.2 Å². The maximum atomic E-state index is 12.6. The Bertz CT molecular complexity index is 1090. The van der Waals surface area contributed by atoms with Crippen molar-refractivity contribution in [2.45, 2.75) is 6.54 Å². The topological polar surface area (TPSA) is 52.8 Å². The first-order valence-electron chi connectivity index (χ1n) is 7.61. The van der Waals surface area contributed by atoms with E-state index >= 15 is 0 Å². The molecule has 0 saturated carbocycles. The number of halogens is 1. The number of amides is 1. The van der Waals surface area contributed by atoms with E-state index in [1.165, 1.54) is 11.3 Å². The van der Waals surface area contributed by atoms with E-state index in [0.717, 1.165) is 14.7 Å². The Balaban J connectivity index is 2.20. The fourth-order valence-electron chi connectivity index (χ4n) is 2.50. The Labute approximate surface area is 163 Å². The molecule has 2 aromatic carbocycles. The highest BCUT2D eigenvalue weighted by molar-refractivity contribution is 9.10. The number of hydrogen-bond donors (Lipinski definition) is 0. The van der Waals surface area contributed by atoms with E-state index in [4.69, 9.17) is 15.9 Å². The summed E-state index contributed by atoms with van der Waals surface area (Å²) >= 11 is 4.74. The van der Waals surface area contributed by atoms with Crippen molar-refractivity contribution in [3.05, 3.63) is 51.2 Å². The van der Waals surface area contributed by atoms with Crippen LogP contribution in [0.4, 0.5) is 0 Å². The first-order chi connectivity index (χ1) is 12.6. The van der Waals surface area contributed by atoms with E-state index in [1.54, 1.807) is 32.4 Å². The zero-order valence-electron chi connectivity index (χ0n) is 14.2. The SMILES string of the molecule is C#CCn1c(=NC(=O)c2cccc(Br)c2)sc2cc(OC)c(OC)cc21. The summed E-state index contributed by atoms with van der Waals surface area (Å²) in [6, 6.07) is 10.8. The number of hydrogen-bond acceptors (Lipinski definition) is 4. The van der Waals surface area contributed by atoms with Crippen LogP contribution < -0.4 is 14.3 Å². The van der Waals surface area contributed by atoms with Crippen LogP contribution in [0, 0.1) is 12.3 Å². The minimum absolute atomic E-state index is 0.292. The molecule has 0 N–H and O–H groups in total. The third kappa shape index (κ3) is 3.52. The molecule has 0 spiro atoms. The van der Waals surface area contributed by atoms with Gasteiger partial charge in [-0.25, -0.2) is 0 Å². The maximum Gasteiger partial charge on any atom is 0.279 e. The van der Waals surface area contributed by atoms with Gasteiger partial charge >= 0.3 is 0 Å². The maximum absolute atomic E-state index is 12.6. The van der Waals surface area contributed by atoms with Crippen LogP contribution in [0.15, 0.2) is 45.9 Å². The van der Waals surface area contributed by atoms with Crippen molar-refractivity contribution in [3.63, 3.8) is 0 Å². The van der Waals surface area contributed by atoms with Gasteiger partial charge in [-0.15, -0.1) is 6.42 Å². The number of methoxy groups -OCH3 is 2. The van der Waals surface area contributed by atoms with Crippen LogP contribution in [0.3, 0.4) is 0 Å². The van der Waals surface area contributed by atoms with Crippen molar-refractivity contribution in [2.75, 3.05) is 14.2 Å². The van der Waals surface area contributed by atoms with Gasteiger partial charge in [0, 0.05) is 22.2 Å². The lowest BCUT2D eigenvalue weighted by Crippen LogP contribution is -2.16. The summed E-state index contributed by atoms with van der Waals surface area (Å²) < 4.78 is 14.2. The number of rotatable bonds is 4. The molecule has 1 heterocycles. The normalized spacial score (nSPS) is 11.4. The minimum Gasteiger partial charge on any atom is -0.493 e. The number of ether oxygens (including phenoxy) is 2. The Hall–Kier alpha value is -2.56. The lowest BCUT2D eigenvalue weighted by Gasteiger charge is -2.08. The van der Waals surface area contributed by atoms with E-state index in [2.05, 4.69) is 26.8 Å². The molecule has 5 nitrogen and oxygen atoms in total. The molecule has 7 heteroatoms.